The molecule has 4 heteroatoms. The lowest BCUT2D eigenvalue weighted by atomic mass is 10.1. The van der Waals surface area contributed by atoms with Crippen molar-refractivity contribution in [2.24, 2.45) is 0 Å². The maximum absolute atomic E-state index is 9.07. The molecule has 21 heavy (non-hydrogen) atoms. The Morgan fingerprint density at radius 3 is 2.71 bits per heavy atom. The molecule has 3 rings (SSSR count). The Morgan fingerprint density at radius 1 is 1.24 bits per heavy atom. The van der Waals surface area contributed by atoms with E-state index in [1.807, 2.05) is 30.3 Å². The zero-order chi connectivity index (χ0) is 14.8. The van der Waals surface area contributed by atoms with Gasteiger partial charge in [-0.15, -0.1) is 0 Å². The first-order valence-electron chi connectivity index (χ1n) is 6.87. The van der Waals surface area contributed by atoms with Crippen LogP contribution < -0.4 is 0 Å². The summed E-state index contributed by atoms with van der Waals surface area (Å²) in [7, 11) is 0. The highest BCUT2D eigenvalue weighted by Crippen LogP contribution is 2.23. The Hall–Kier alpha value is -2.38. The van der Waals surface area contributed by atoms with Crippen molar-refractivity contribution in [1.29, 1.82) is 5.26 Å². The van der Waals surface area contributed by atoms with Gasteiger partial charge >= 0.3 is 0 Å². The molecular formula is C17H15N3S. The molecule has 104 valence electrons. The molecule has 0 aliphatic heterocycles. The van der Waals surface area contributed by atoms with Gasteiger partial charge in [-0.25, -0.2) is 0 Å². The SMILES string of the molecule is CC(Cc1ccccc1)n1c(=S)[nH]c2ccc(C#N)cc21. The number of nitrogens with zero attached hydrogens (tertiary/aromatic N) is 2. The predicted octanol–water partition coefficient (Wildman–Crippen LogP) is 4.37. The number of nitriles is 1. The van der Waals surface area contributed by atoms with Crippen molar-refractivity contribution < 1.29 is 0 Å². The number of aromatic nitrogens is 2. The second-order valence-electron chi connectivity index (χ2n) is 5.18. The molecule has 1 heterocycles. The van der Waals surface area contributed by atoms with E-state index in [-0.39, 0.29) is 6.04 Å². The van der Waals surface area contributed by atoms with Crippen LogP contribution in [0.5, 0.6) is 0 Å². The third-order valence-electron chi connectivity index (χ3n) is 3.66. The minimum absolute atomic E-state index is 0.225. The third kappa shape index (κ3) is 2.61. The Balaban J connectivity index is 2.05. The largest absolute Gasteiger partial charge is 0.331 e. The number of hydrogen-bond donors (Lipinski definition) is 1. The fraction of sp³-hybridized carbons (Fsp3) is 0.176. The van der Waals surface area contributed by atoms with Crippen LogP contribution in [-0.4, -0.2) is 9.55 Å². The number of imidazole rings is 1. The zero-order valence-corrected chi connectivity index (χ0v) is 12.5. The number of nitrogens with one attached hydrogen (secondary N) is 1. The fourth-order valence-corrected chi connectivity index (χ4v) is 3.06. The lowest BCUT2D eigenvalue weighted by Gasteiger charge is -2.15. The molecule has 0 fully saturated rings. The first-order valence-corrected chi connectivity index (χ1v) is 7.28. The monoisotopic (exact) mass is 293 g/mol. The molecule has 0 bridgehead atoms. The van der Waals surface area contributed by atoms with E-state index in [2.05, 4.69) is 34.7 Å². The molecule has 0 aliphatic rings. The highest BCUT2D eigenvalue weighted by atomic mass is 32.1. The van der Waals surface area contributed by atoms with Crippen molar-refractivity contribution >= 4 is 23.3 Å². The third-order valence-corrected chi connectivity index (χ3v) is 3.96. The normalized spacial score (nSPS) is 12.2. The van der Waals surface area contributed by atoms with E-state index >= 15 is 0 Å². The predicted molar refractivity (Wildman–Crippen MR) is 86.7 cm³/mol. The van der Waals surface area contributed by atoms with Crippen LogP contribution in [0, 0.1) is 16.1 Å². The molecule has 2 aromatic carbocycles. The van der Waals surface area contributed by atoms with E-state index < -0.39 is 0 Å². The number of benzene rings is 2. The summed E-state index contributed by atoms with van der Waals surface area (Å²) in [4.78, 5) is 3.21. The van der Waals surface area contributed by atoms with Crippen LogP contribution in [0.25, 0.3) is 11.0 Å². The van der Waals surface area contributed by atoms with Gasteiger partial charge in [-0.2, -0.15) is 5.26 Å². The van der Waals surface area contributed by atoms with Crippen LogP contribution in [0.2, 0.25) is 0 Å². The van der Waals surface area contributed by atoms with Crippen LogP contribution in [0.3, 0.4) is 0 Å². The lowest BCUT2D eigenvalue weighted by molar-refractivity contribution is 0.553. The summed E-state index contributed by atoms with van der Waals surface area (Å²) in [6.07, 6.45) is 0.902. The van der Waals surface area contributed by atoms with E-state index in [4.69, 9.17) is 17.5 Å². The Labute approximate surface area is 128 Å². The van der Waals surface area contributed by atoms with Crippen molar-refractivity contribution in [2.75, 3.05) is 0 Å². The minimum atomic E-state index is 0.225. The second-order valence-corrected chi connectivity index (χ2v) is 5.57. The average molecular weight is 293 g/mol. The van der Waals surface area contributed by atoms with Gasteiger partial charge in [-0.3, -0.25) is 0 Å². The molecule has 3 aromatic rings. The molecule has 0 saturated carbocycles. The number of aromatic amines is 1. The standard InChI is InChI=1S/C17H15N3S/c1-12(9-13-5-3-2-4-6-13)20-16-10-14(11-18)7-8-15(16)19-17(20)21/h2-8,10,12H,9H2,1H3,(H,19,21). The Morgan fingerprint density at radius 2 is 2.00 bits per heavy atom. The van der Waals surface area contributed by atoms with E-state index in [0.717, 1.165) is 17.5 Å². The number of H-pyrrole nitrogens is 1. The number of hydrogen-bond acceptors (Lipinski definition) is 2. The van der Waals surface area contributed by atoms with E-state index in [1.165, 1.54) is 5.56 Å². The summed E-state index contributed by atoms with van der Waals surface area (Å²) in [6.45, 7) is 2.15. The summed E-state index contributed by atoms with van der Waals surface area (Å²) < 4.78 is 2.79. The van der Waals surface area contributed by atoms with Gasteiger partial charge in [0.05, 0.1) is 22.7 Å². The van der Waals surface area contributed by atoms with Gasteiger partial charge < -0.3 is 9.55 Å². The molecule has 0 amide bonds. The molecule has 0 spiro atoms. The molecule has 0 saturated heterocycles. The average Bonchev–Trinajstić information content (AvgIpc) is 2.83. The molecule has 1 N–H and O–H groups in total. The minimum Gasteiger partial charge on any atom is -0.331 e. The van der Waals surface area contributed by atoms with Gasteiger partial charge in [0.15, 0.2) is 4.77 Å². The van der Waals surface area contributed by atoms with Gasteiger partial charge in [-0.1, -0.05) is 30.3 Å². The van der Waals surface area contributed by atoms with Crippen molar-refractivity contribution in [3.05, 3.63) is 64.4 Å². The molecule has 3 nitrogen and oxygen atoms in total. The van der Waals surface area contributed by atoms with Crippen molar-refractivity contribution in [2.45, 2.75) is 19.4 Å². The molecule has 1 aromatic heterocycles. The van der Waals surface area contributed by atoms with Gasteiger partial charge in [0, 0.05) is 6.04 Å². The van der Waals surface area contributed by atoms with Crippen molar-refractivity contribution in [3.8, 4) is 6.07 Å². The van der Waals surface area contributed by atoms with E-state index in [1.54, 1.807) is 6.07 Å². The van der Waals surface area contributed by atoms with Crippen LogP contribution >= 0.6 is 12.2 Å². The maximum atomic E-state index is 9.07. The first-order chi connectivity index (χ1) is 10.2. The fourth-order valence-electron chi connectivity index (χ4n) is 2.68. The Bertz CT molecular complexity index is 868. The summed E-state index contributed by atoms with van der Waals surface area (Å²) in [5, 5.41) is 9.07. The van der Waals surface area contributed by atoms with Gasteiger partial charge in [0.25, 0.3) is 0 Å². The van der Waals surface area contributed by atoms with Gasteiger partial charge in [0.2, 0.25) is 0 Å². The van der Waals surface area contributed by atoms with Crippen LogP contribution in [0.4, 0.5) is 0 Å². The zero-order valence-electron chi connectivity index (χ0n) is 11.7. The molecule has 1 atom stereocenters. The second kappa shape index (κ2) is 5.55. The van der Waals surface area contributed by atoms with Crippen LogP contribution in [0.15, 0.2) is 48.5 Å². The van der Waals surface area contributed by atoms with Gasteiger partial charge in [0.1, 0.15) is 0 Å². The lowest BCUT2D eigenvalue weighted by Crippen LogP contribution is -2.08. The quantitative estimate of drug-likeness (QED) is 0.729. The molecule has 1 unspecified atom stereocenters. The number of rotatable bonds is 3. The number of fused-ring (bicyclic) bond motifs is 1. The van der Waals surface area contributed by atoms with E-state index in [9.17, 15) is 0 Å². The maximum Gasteiger partial charge on any atom is 0.178 e. The summed E-state index contributed by atoms with van der Waals surface area (Å²) in [5.41, 5.74) is 3.89. The smallest absolute Gasteiger partial charge is 0.178 e. The van der Waals surface area contributed by atoms with Crippen LogP contribution in [0.1, 0.15) is 24.1 Å². The van der Waals surface area contributed by atoms with Crippen molar-refractivity contribution in [1.82, 2.24) is 9.55 Å². The highest BCUT2D eigenvalue weighted by molar-refractivity contribution is 7.71. The molecule has 0 aliphatic carbocycles. The topological polar surface area (TPSA) is 44.5 Å². The highest BCUT2D eigenvalue weighted by Gasteiger charge is 2.12. The van der Waals surface area contributed by atoms with Gasteiger partial charge in [-0.05, 0) is 49.3 Å². The summed E-state index contributed by atoms with van der Waals surface area (Å²) in [6, 6.07) is 18.4. The van der Waals surface area contributed by atoms with Crippen LogP contribution in [-0.2, 0) is 6.42 Å². The Kier molecular flexibility index (Phi) is 3.59. The molecular weight excluding hydrogens is 278 g/mol. The molecule has 0 radical (unpaired) electrons. The van der Waals surface area contributed by atoms with E-state index in [0.29, 0.717) is 10.3 Å². The van der Waals surface area contributed by atoms with Crippen molar-refractivity contribution in [3.63, 3.8) is 0 Å². The first kappa shape index (κ1) is 13.6. The summed E-state index contributed by atoms with van der Waals surface area (Å²) in [5.74, 6) is 0. The summed E-state index contributed by atoms with van der Waals surface area (Å²) >= 11 is 5.45.